The van der Waals surface area contributed by atoms with Gasteiger partial charge in [-0.15, -0.1) is 0 Å². The maximum absolute atomic E-state index is 9.18. The zero-order chi connectivity index (χ0) is 47.4. The average molecular weight is 666 g/mol. The van der Waals surface area contributed by atoms with E-state index in [1.165, 1.54) is 9.13 Å². The van der Waals surface area contributed by atoms with Crippen LogP contribution in [0.2, 0.25) is 0 Å². The van der Waals surface area contributed by atoms with Crippen LogP contribution in [0.1, 0.15) is 21.9 Å². The number of aromatic nitrogens is 3. The zero-order valence-electron chi connectivity index (χ0n) is 42.5. The Morgan fingerprint density at radius 2 is 0.745 bits per heavy atom. The van der Waals surface area contributed by atoms with Crippen LogP contribution in [0.4, 0.5) is 0 Å². The fourth-order valence-corrected chi connectivity index (χ4v) is 7.39. The van der Waals surface area contributed by atoms with Gasteiger partial charge in [0, 0.05) is 49.4 Å². The first kappa shape index (κ1) is 16.7. The van der Waals surface area contributed by atoms with Gasteiger partial charge in [0.05, 0.1) is 55.0 Å². The Morgan fingerprint density at radius 1 is 0.294 bits per heavy atom. The molecule has 8 aromatic carbocycles. The molecule has 51 heavy (non-hydrogen) atoms. The van der Waals surface area contributed by atoms with E-state index in [1.807, 2.05) is 71.3 Å². The van der Waals surface area contributed by atoms with Crippen LogP contribution >= 0.6 is 0 Å². The molecule has 0 amide bonds. The van der Waals surface area contributed by atoms with E-state index < -0.39 is 96.7 Å². The predicted octanol–water partition coefficient (Wildman–Crippen LogP) is 12.6. The highest BCUT2D eigenvalue weighted by Gasteiger charge is 2.19. The Balaban J connectivity index is 1.26. The summed E-state index contributed by atoms with van der Waals surface area (Å²) in [7, 11) is 0. The van der Waals surface area contributed by atoms with E-state index >= 15 is 0 Å². The summed E-state index contributed by atoms with van der Waals surface area (Å²) in [6, 6.07) is 20.0. The fourth-order valence-electron chi connectivity index (χ4n) is 7.39. The normalized spacial score (nSPS) is 16.3. The standard InChI is InChI=1S/C48H31N3/c1-2-14-32(15-3-1)33-28-35(50-45-23-11-6-18-39(45)40-19-7-12-24-46(40)50)30-36(29-33)51-47-25-13-8-20-41(47)42-31-34(26-27-48(42)51)49-43-21-9-4-16-37(43)38-17-5-10-22-44(38)49/h1-31H/i4D,5D,6D,7D,9D,10D,11D,12D,16D,17D,18D,19D,21D,22D,23D,24D. The quantitative estimate of drug-likeness (QED) is 0.178. The van der Waals surface area contributed by atoms with Crippen LogP contribution in [0.15, 0.2) is 188 Å². The maximum atomic E-state index is 9.18. The molecule has 0 fully saturated rings. The number of benzene rings is 8. The van der Waals surface area contributed by atoms with Gasteiger partial charge < -0.3 is 13.7 Å². The second-order valence-electron chi connectivity index (χ2n) is 12.2. The summed E-state index contributed by atoms with van der Waals surface area (Å²) in [5.74, 6) is 0. The molecule has 0 N–H and O–H groups in total. The Hall–Kier alpha value is -6.84. The third-order valence-electron chi connectivity index (χ3n) is 9.51. The summed E-state index contributed by atoms with van der Waals surface area (Å²) in [5.41, 5.74) is 3.97. The van der Waals surface area contributed by atoms with Gasteiger partial charge >= 0.3 is 0 Å². The van der Waals surface area contributed by atoms with Gasteiger partial charge in [-0.2, -0.15) is 0 Å². The number of nitrogens with zero attached hydrogens (tertiary/aromatic N) is 3. The van der Waals surface area contributed by atoms with Gasteiger partial charge in [0.1, 0.15) is 0 Å². The van der Waals surface area contributed by atoms with Crippen molar-refractivity contribution in [3.8, 4) is 28.2 Å². The van der Waals surface area contributed by atoms with Crippen molar-refractivity contribution in [3.63, 3.8) is 0 Å². The van der Waals surface area contributed by atoms with Gasteiger partial charge in [-0.05, 0) is 77.8 Å². The first-order valence-corrected chi connectivity index (χ1v) is 16.2. The SMILES string of the molecule is [2H]c1c([2H])c([2H])c2c(c1[2H])c1c([2H])c([2H])c([2H])c([2H])c1n2-c1cc(-c2ccccc2)cc(-n2c3ccccc3c3cc(-n4c5c([2H])c([2H])c([2H])c([2H])c5c5c([2H])c([2H])c([2H])c([2H])c54)ccc32)c1. The van der Waals surface area contributed by atoms with Crippen LogP contribution < -0.4 is 0 Å². The topological polar surface area (TPSA) is 14.8 Å². The minimum atomic E-state index is -0.547. The molecule has 0 aliphatic heterocycles. The van der Waals surface area contributed by atoms with Gasteiger partial charge in [0.25, 0.3) is 0 Å². The first-order valence-electron chi connectivity index (χ1n) is 24.2. The van der Waals surface area contributed by atoms with Crippen molar-refractivity contribution in [2.24, 2.45) is 0 Å². The smallest absolute Gasteiger partial charge is 0.0645 e. The molecule has 0 radical (unpaired) electrons. The van der Waals surface area contributed by atoms with Crippen LogP contribution in [0.25, 0.3) is 93.6 Å². The predicted molar refractivity (Wildman–Crippen MR) is 215 cm³/mol. The molecular formula is C48H31N3. The molecule has 3 aromatic heterocycles. The molecule has 0 saturated heterocycles. The van der Waals surface area contributed by atoms with Gasteiger partial charge in [0.2, 0.25) is 0 Å². The van der Waals surface area contributed by atoms with Gasteiger partial charge in [0.15, 0.2) is 0 Å². The summed E-state index contributed by atoms with van der Waals surface area (Å²) in [6.07, 6.45) is 0. The summed E-state index contributed by atoms with van der Waals surface area (Å²) in [6.45, 7) is 0. The Kier molecular flexibility index (Phi) is 3.55. The lowest BCUT2D eigenvalue weighted by molar-refractivity contribution is 1.13. The Morgan fingerprint density at radius 3 is 1.31 bits per heavy atom. The highest BCUT2D eigenvalue weighted by Crippen LogP contribution is 2.39. The van der Waals surface area contributed by atoms with Gasteiger partial charge in [-0.3, -0.25) is 0 Å². The van der Waals surface area contributed by atoms with E-state index in [4.69, 9.17) is 19.2 Å². The van der Waals surface area contributed by atoms with Crippen molar-refractivity contribution in [2.45, 2.75) is 0 Å². The number of fused-ring (bicyclic) bond motifs is 9. The van der Waals surface area contributed by atoms with E-state index in [-0.39, 0.29) is 43.6 Å². The minimum Gasteiger partial charge on any atom is -0.309 e. The summed E-state index contributed by atoms with van der Waals surface area (Å²) < 4.78 is 146. The van der Waals surface area contributed by atoms with Crippen LogP contribution in [-0.4, -0.2) is 13.7 Å². The Labute approximate surface area is 316 Å². The van der Waals surface area contributed by atoms with E-state index in [2.05, 4.69) is 0 Å². The molecule has 0 aliphatic rings. The van der Waals surface area contributed by atoms with E-state index in [0.717, 1.165) is 10.9 Å². The lowest BCUT2D eigenvalue weighted by Gasteiger charge is -2.16. The Bertz CT molecular complexity index is 3900. The van der Waals surface area contributed by atoms with Crippen molar-refractivity contribution >= 4 is 65.4 Å². The summed E-state index contributed by atoms with van der Waals surface area (Å²) in [4.78, 5) is 0. The fraction of sp³-hybridized carbons (Fsp3) is 0. The zero-order valence-corrected chi connectivity index (χ0v) is 26.5. The third kappa shape index (κ3) is 4.12. The molecule has 11 rings (SSSR count). The molecular weight excluding hydrogens is 619 g/mol. The molecule has 3 nitrogen and oxygen atoms in total. The number of hydrogen-bond donors (Lipinski definition) is 0. The second-order valence-corrected chi connectivity index (χ2v) is 12.2. The van der Waals surface area contributed by atoms with Crippen LogP contribution in [0.3, 0.4) is 0 Å². The van der Waals surface area contributed by atoms with E-state index in [9.17, 15) is 2.74 Å². The molecule has 0 saturated carbocycles. The number of rotatable bonds is 4. The van der Waals surface area contributed by atoms with Crippen molar-refractivity contribution in [3.05, 3.63) is 188 Å². The molecule has 0 spiro atoms. The third-order valence-corrected chi connectivity index (χ3v) is 9.51. The van der Waals surface area contributed by atoms with Crippen LogP contribution in [0, 0.1) is 0 Å². The summed E-state index contributed by atoms with van der Waals surface area (Å²) >= 11 is 0. The largest absolute Gasteiger partial charge is 0.309 e. The van der Waals surface area contributed by atoms with E-state index in [0.29, 0.717) is 39.0 Å². The molecule has 0 aliphatic carbocycles. The van der Waals surface area contributed by atoms with Gasteiger partial charge in [-0.25, -0.2) is 0 Å². The summed E-state index contributed by atoms with van der Waals surface area (Å²) in [5, 5.41) is 1.22. The molecule has 238 valence electrons. The molecule has 0 atom stereocenters. The van der Waals surface area contributed by atoms with Crippen molar-refractivity contribution < 1.29 is 21.9 Å². The molecule has 0 bridgehead atoms. The first-order chi connectivity index (χ1) is 32.0. The molecule has 0 unspecified atom stereocenters. The second kappa shape index (κ2) is 10.8. The molecule has 3 heteroatoms. The molecule has 11 aromatic rings. The lowest BCUT2D eigenvalue weighted by atomic mass is 10.0. The number of para-hydroxylation sites is 5. The van der Waals surface area contributed by atoms with Crippen molar-refractivity contribution in [1.82, 2.24) is 13.7 Å². The minimum absolute atomic E-state index is 0.0154. The van der Waals surface area contributed by atoms with E-state index in [1.54, 1.807) is 24.3 Å². The average Bonchev–Trinajstić information content (AvgIpc) is 4.01. The lowest BCUT2D eigenvalue weighted by Crippen LogP contribution is -2.00. The monoisotopic (exact) mass is 665 g/mol. The maximum Gasteiger partial charge on any atom is 0.0645 e. The van der Waals surface area contributed by atoms with Crippen LogP contribution in [-0.2, 0) is 0 Å². The van der Waals surface area contributed by atoms with Crippen molar-refractivity contribution in [2.75, 3.05) is 0 Å². The highest BCUT2D eigenvalue weighted by atomic mass is 15.0. The highest BCUT2D eigenvalue weighted by molar-refractivity contribution is 6.13. The van der Waals surface area contributed by atoms with Gasteiger partial charge in [-0.1, -0.05) is 121 Å². The van der Waals surface area contributed by atoms with Crippen LogP contribution in [0.5, 0.6) is 0 Å². The molecule has 3 heterocycles. The van der Waals surface area contributed by atoms with Crippen molar-refractivity contribution in [1.29, 1.82) is 0 Å². The number of hydrogen-bond acceptors (Lipinski definition) is 0.